The molecule has 31 heavy (non-hydrogen) atoms. The van der Waals surface area contributed by atoms with Gasteiger partial charge in [0.25, 0.3) is 0 Å². The fourth-order valence-electron chi connectivity index (χ4n) is 3.07. The zero-order valence-corrected chi connectivity index (χ0v) is 17.7. The highest BCUT2D eigenvalue weighted by atomic mass is 32.1. The van der Waals surface area contributed by atoms with Gasteiger partial charge in [0.2, 0.25) is 29.5 Å². The second-order valence-corrected chi connectivity index (χ2v) is 7.48. The molecule has 4 atom stereocenters. The molecule has 174 valence electrons. The van der Waals surface area contributed by atoms with Gasteiger partial charge < -0.3 is 37.8 Å². The molecule has 0 aromatic carbocycles. The maximum Gasteiger partial charge on any atom is 0.326 e. The summed E-state index contributed by atoms with van der Waals surface area (Å²) in [5.41, 5.74) is 15.7. The normalized spacial score (nSPS) is 18.5. The molecule has 1 aliphatic heterocycles. The Morgan fingerprint density at radius 1 is 1.06 bits per heavy atom. The fourth-order valence-corrected chi connectivity index (χ4v) is 3.31. The molecule has 0 radical (unpaired) electrons. The first kappa shape index (κ1) is 26.2. The van der Waals surface area contributed by atoms with Crippen molar-refractivity contribution in [3.8, 4) is 0 Å². The van der Waals surface area contributed by atoms with Gasteiger partial charge in [-0.1, -0.05) is 0 Å². The Morgan fingerprint density at radius 3 is 2.23 bits per heavy atom. The van der Waals surface area contributed by atoms with E-state index in [1.54, 1.807) is 0 Å². The number of aliphatic carboxylic acids is 1. The van der Waals surface area contributed by atoms with Crippen LogP contribution in [-0.2, 0) is 28.8 Å². The van der Waals surface area contributed by atoms with Crippen LogP contribution >= 0.6 is 12.6 Å². The predicted octanol–water partition coefficient (Wildman–Crippen LogP) is -3.57. The number of thiol groups is 1. The summed E-state index contributed by atoms with van der Waals surface area (Å²) in [5, 5.41) is 13.8. The van der Waals surface area contributed by atoms with Crippen LogP contribution in [0.1, 0.15) is 32.1 Å². The van der Waals surface area contributed by atoms with Crippen LogP contribution < -0.4 is 27.8 Å². The lowest BCUT2D eigenvalue weighted by atomic mass is 10.1. The minimum atomic E-state index is -1.52. The summed E-state index contributed by atoms with van der Waals surface area (Å²) in [6.45, 7) is 0.207. The van der Waals surface area contributed by atoms with Crippen molar-refractivity contribution in [1.82, 2.24) is 15.5 Å². The number of carbonyl (C=O) groups is 6. The third-order valence-corrected chi connectivity index (χ3v) is 5.06. The molecule has 0 saturated carbocycles. The van der Waals surface area contributed by atoms with Crippen LogP contribution in [0.25, 0.3) is 0 Å². The van der Waals surface area contributed by atoms with E-state index in [2.05, 4.69) is 23.3 Å². The Labute approximate surface area is 183 Å². The van der Waals surface area contributed by atoms with Crippen molar-refractivity contribution in [2.75, 3.05) is 12.3 Å². The van der Waals surface area contributed by atoms with E-state index >= 15 is 0 Å². The summed E-state index contributed by atoms with van der Waals surface area (Å²) in [4.78, 5) is 71.9. The fraction of sp³-hybridized carbons (Fsp3) is 0.647. The molecule has 9 N–H and O–H groups in total. The molecule has 1 saturated heterocycles. The Hall–Kier alpha value is -2.87. The standard InChI is InChI=1S/C17H28N6O7S/c18-8(3-4-12(19)24)14(26)22-10(7-31)16(28)23-5-1-2-11(23)15(27)21-9(17(29)30)6-13(20)25/h8-11,31H,1-7,18H2,(H2,19,24)(H2,20,25)(H,21,27)(H,22,26)(H,29,30). The monoisotopic (exact) mass is 460 g/mol. The van der Waals surface area contributed by atoms with Gasteiger partial charge in [-0.25, -0.2) is 4.79 Å². The van der Waals surface area contributed by atoms with Gasteiger partial charge in [-0.3, -0.25) is 24.0 Å². The highest BCUT2D eigenvalue weighted by molar-refractivity contribution is 7.80. The Balaban J connectivity index is 2.81. The minimum Gasteiger partial charge on any atom is -0.480 e. The van der Waals surface area contributed by atoms with Crippen LogP contribution in [0.2, 0.25) is 0 Å². The quantitative estimate of drug-likeness (QED) is 0.144. The lowest BCUT2D eigenvalue weighted by Crippen LogP contribution is -2.57. The molecule has 0 spiro atoms. The van der Waals surface area contributed by atoms with Crippen molar-refractivity contribution in [3.05, 3.63) is 0 Å². The van der Waals surface area contributed by atoms with Crippen LogP contribution in [0.4, 0.5) is 0 Å². The van der Waals surface area contributed by atoms with Crippen LogP contribution in [-0.4, -0.2) is 82.0 Å². The molecule has 14 heteroatoms. The number of likely N-dealkylation sites (tertiary alicyclic amines) is 1. The van der Waals surface area contributed by atoms with Crippen molar-refractivity contribution >= 4 is 48.1 Å². The van der Waals surface area contributed by atoms with Crippen molar-refractivity contribution in [2.24, 2.45) is 17.2 Å². The van der Waals surface area contributed by atoms with Crippen molar-refractivity contribution in [1.29, 1.82) is 0 Å². The molecule has 1 heterocycles. The largest absolute Gasteiger partial charge is 0.480 e. The van der Waals surface area contributed by atoms with Crippen LogP contribution in [0.15, 0.2) is 0 Å². The molecule has 0 aromatic heterocycles. The van der Waals surface area contributed by atoms with Gasteiger partial charge in [-0.15, -0.1) is 0 Å². The lowest BCUT2D eigenvalue weighted by Gasteiger charge is -2.29. The Kier molecular flexibility index (Phi) is 10.2. The predicted molar refractivity (Wildman–Crippen MR) is 110 cm³/mol. The number of nitrogens with one attached hydrogen (secondary N) is 2. The highest BCUT2D eigenvalue weighted by Gasteiger charge is 2.39. The number of hydrogen-bond donors (Lipinski definition) is 7. The average molecular weight is 461 g/mol. The smallest absolute Gasteiger partial charge is 0.326 e. The molecule has 1 rings (SSSR count). The number of carboxylic acid groups (broad SMARTS) is 1. The molecule has 5 amide bonds. The second-order valence-electron chi connectivity index (χ2n) is 7.11. The van der Waals surface area contributed by atoms with E-state index in [0.717, 1.165) is 0 Å². The number of rotatable bonds is 12. The maximum atomic E-state index is 12.9. The van der Waals surface area contributed by atoms with E-state index in [9.17, 15) is 28.8 Å². The molecule has 13 nitrogen and oxygen atoms in total. The van der Waals surface area contributed by atoms with E-state index in [-0.39, 0.29) is 31.6 Å². The topological polar surface area (TPSA) is 228 Å². The number of amides is 5. The summed E-state index contributed by atoms with van der Waals surface area (Å²) in [6.07, 6.45) is 0.0488. The van der Waals surface area contributed by atoms with Gasteiger partial charge in [0.05, 0.1) is 12.5 Å². The van der Waals surface area contributed by atoms with Gasteiger partial charge in [-0.05, 0) is 19.3 Å². The maximum absolute atomic E-state index is 12.9. The minimum absolute atomic E-state index is 0.000165. The molecular weight excluding hydrogens is 432 g/mol. The molecular formula is C17H28N6O7S. The van der Waals surface area contributed by atoms with Crippen molar-refractivity contribution in [2.45, 2.75) is 56.3 Å². The van der Waals surface area contributed by atoms with Gasteiger partial charge in [0.15, 0.2) is 0 Å². The summed E-state index contributed by atoms with van der Waals surface area (Å²) in [6, 6.07) is -4.66. The number of nitrogens with two attached hydrogens (primary N) is 3. The molecule has 0 bridgehead atoms. The number of carboxylic acids is 1. The molecule has 1 fully saturated rings. The van der Waals surface area contributed by atoms with Crippen LogP contribution in [0.5, 0.6) is 0 Å². The average Bonchev–Trinajstić information content (AvgIpc) is 3.18. The van der Waals surface area contributed by atoms with E-state index in [4.69, 9.17) is 22.3 Å². The molecule has 0 aromatic rings. The van der Waals surface area contributed by atoms with Gasteiger partial charge in [0, 0.05) is 18.7 Å². The first-order chi connectivity index (χ1) is 14.5. The van der Waals surface area contributed by atoms with E-state index in [1.165, 1.54) is 4.90 Å². The number of primary amides is 2. The first-order valence-corrected chi connectivity index (χ1v) is 10.2. The zero-order valence-electron chi connectivity index (χ0n) is 16.8. The summed E-state index contributed by atoms with van der Waals surface area (Å²) >= 11 is 4.07. The highest BCUT2D eigenvalue weighted by Crippen LogP contribution is 2.19. The van der Waals surface area contributed by atoms with E-state index in [1.807, 2.05) is 0 Å². The van der Waals surface area contributed by atoms with Crippen molar-refractivity contribution in [3.63, 3.8) is 0 Å². The lowest BCUT2D eigenvalue weighted by molar-refractivity contribution is -0.145. The zero-order chi connectivity index (χ0) is 23.7. The van der Waals surface area contributed by atoms with E-state index in [0.29, 0.717) is 6.42 Å². The third-order valence-electron chi connectivity index (χ3n) is 4.69. The SMILES string of the molecule is NC(=O)CCC(N)C(=O)NC(CS)C(=O)N1CCCC1C(=O)NC(CC(N)=O)C(=O)O. The van der Waals surface area contributed by atoms with Gasteiger partial charge in [-0.2, -0.15) is 12.6 Å². The Morgan fingerprint density at radius 2 is 1.71 bits per heavy atom. The van der Waals surface area contributed by atoms with E-state index < -0.39 is 66.1 Å². The number of carbonyl (C=O) groups excluding carboxylic acids is 5. The third kappa shape index (κ3) is 8.05. The number of nitrogens with zero attached hydrogens (tertiary/aromatic N) is 1. The first-order valence-electron chi connectivity index (χ1n) is 9.55. The molecule has 1 aliphatic rings. The van der Waals surface area contributed by atoms with Crippen LogP contribution in [0, 0.1) is 0 Å². The molecule has 0 aliphatic carbocycles. The van der Waals surface area contributed by atoms with Gasteiger partial charge in [0.1, 0.15) is 18.1 Å². The van der Waals surface area contributed by atoms with Gasteiger partial charge >= 0.3 is 5.97 Å². The second kappa shape index (κ2) is 12.1. The molecule has 4 unspecified atom stereocenters. The van der Waals surface area contributed by atoms with Crippen molar-refractivity contribution < 1.29 is 33.9 Å². The Bertz CT molecular complexity index is 734. The number of hydrogen-bond acceptors (Lipinski definition) is 8. The summed E-state index contributed by atoms with van der Waals surface area (Å²) in [5.74, 6) is -5.07. The summed E-state index contributed by atoms with van der Waals surface area (Å²) in [7, 11) is 0. The summed E-state index contributed by atoms with van der Waals surface area (Å²) < 4.78 is 0. The van der Waals surface area contributed by atoms with Crippen LogP contribution in [0.3, 0.4) is 0 Å².